The Balaban J connectivity index is 1.64. The lowest BCUT2D eigenvalue weighted by atomic mass is 9.99. The van der Waals surface area contributed by atoms with Crippen LogP contribution in [0.3, 0.4) is 0 Å². The zero-order valence-electron chi connectivity index (χ0n) is 15.8. The number of likely N-dealkylation sites (tertiary alicyclic amines) is 1. The van der Waals surface area contributed by atoms with E-state index < -0.39 is 0 Å². The number of aryl methyl sites for hydroxylation is 1. The molecule has 2 saturated heterocycles. The van der Waals surface area contributed by atoms with Crippen molar-refractivity contribution in [1.82, 2.24) is 20.1 Å². The van der Waals surface area contributed by atoms with Crippen molar-refractivity contribution in [2.45, 2.75) is 51.7 Å². The predicted octanol–water partition coefficient (Wildman–Crippen LogP) is 1.81. The van der Waals surface area contributed by atoms with Crippen LogP contribution < -0.4 is 5.32 Å². The fourth-order valence-corrected chi connectivity index (χ4v) is 3.49. The monoisotopic (exact) mass is 360 g/mol. The summed E-state index contributed by atoms with van der Waals surface area (Å²) in [5.41, 5.74) is 1.48. The van der Waals surface area contributed by atoms with E-state index in [1.165, 1.54) is 0 Å². The van der Waals surface area contributed by atoms with Crippen molar-refractivity contribution < 1.29 is 14.3 Å². The van der Waals surface area contributed by atoms with Crippen LogP contribution in [-0.2, 0) is 4.74 Å². The minimum absolute atomic E-state index is 0.0232. The Bertz CT molecular complexity index is 635. The molecule has 0 saturated carbocycles. The molecule has 0 aromatic carbocycles. The molecule has 2 aliphatic rings. The summed E-state index contributed by atoms with van der Waals surface area (Å²) in [4.78, 5) is 33.2. The number of amides is 3. The van der Waals surface area contributed by atoms with Crippen molar-refractivity contribution in [2.75, 3.05) is 26.3 Å². The van der Waals surface area contributed by atoms with Crippen LogP contribution in [0.4, 0.5) is 4.79 Å². The Morgan fingerprint density at radius 1 is 1.23 bits per heavy atom. The highest BCUT2D eigenvalue weighted by Gasteiger charge is 2.41. The molecule has 0 bridgehead atoms. The number of aromatic nitrogens is 1. The van der Waals surface area contributed by atoms with Gasteiger partial charge in [0.1, 0.15) is 0 Å². The summed E-state index contributed by atoms with van der Waals surface area (Å²) in [5.74, 6) is -0.0232. The molecule has 1 aromatic heterocycles. The fourth-order valence-electron chi connectivity index (χ4n) is 3.49. The molecule has 0 spiro atoms. The van der Waals surface area contributed by atoms with E-state index in [2.05, 4.69) is 10.3 Å². The van der Waals surface area contributed by atoms with Crippen molar-refractivity contribution in [3.8, 4) is 0 Å². The number of hydrogen-bond donors (Lipinski definition) is 1. The normalized spacial score (nSPS) is 18.5. The maximum absolute atomic E-state index is 12.7. The van der Waals surface area contributed by atoms with Gasteiger partial charge in [0.05, 0.1) is 11.6 Å². The van der Waals surface area contributed by atoms with E-state index in [1.54, 1.807) is 17.2 Å². The largest absolute Gasteiger partial charge is 0.381 e. The topological polar surface area (TPSA) is 74.8 Å². The van der Waals surface area contributed by atoms with Gasteiger partial charge >= 0.3 is 6.03 Å². The first kappa shape index (κ1) is 18.6. The molecule has 0 radical (unpaired) electrons. The highest BCUT2D eigenvalue weighted by atomic mass is 16.5. The van der Waals surface area contributed by atoms with Crippen molar-refractivity contribution in [2.24, 2.45) is 0 Å². The maximum atomic E-state index is 12.7. The maximum Gasteiger partial charge on any atom is 0.318 e. The number of carbonyl (C=O) groups excluding carboxylic acids is 2. The summed E-state index contributed by atoms with van der Waals surface area (Å²) in [6, 6.07) is 3.92. The van der Waals surface area contributed by atoms with Crippen LogP contribution in [0.1, 0.15) is 42.7 Å². The molecule has 7 nitrogen and oxygen atoms in total. The molecule has 1 N–H and O–H groups in total. The van der Waals surface area contributed by atoms with Crippen LogP contribution >= 0.6 is 0 Å². The number of rotatable bonds is 4. The average molecular weight is 360 g/mol. The third kappa shape index (κ3) is 4.15. The Morgan fingerprint density at radius 2 is 1.92 bits per heavy atom. The second kappa shape index (κ2) is 8.03. The zero-order valence-corrected chi connectivity index (χ0v) is 15.8. The quantitative estimate of drug-likeness (QED) is 0.889. The molecule has 7 heteroatoms. The van der Waals surface area contributed by atoms with Gasteiger partial charge in [-0.2, -0.15) is 0 Å². The first-order valence-electron chi connectivity index (χ1n) is 9.34. The van der Waals surface area contributed by atoms with E-state index in [9.17, 15) is 9.59 Å². The second-order valence-corrected chi connectivity index (χ2v) is 7.41. The third-order valence-electron chi connectivity index (χ3n) is 4.93. The molecular formula is C19H28N4O3. The molecular weight excluding hydrogens is 332 g/mol. The van der Waals surface area contributed by atoms with Crippen molar-refractivity contribution in [1.29, 1.82) is 0 Å². The van der Waals surface area contributed by atoms with Gasteiger partial charge in [0.2, 0.25) is 0 Å². The molecule has 3 heterocycles. The van der Waals surface area contributed by atoms with E-state index in [4.69, 9.17) is 4.74 Å². The van der Waals surface area contributed by atoms with Crippen molar-refractivity contribution >= 4 is 11.9 Å². The molecule has 26 heavy (non-hydrogen) atoms. The molecule has 0 aliphatic carbocycles. The average Bonchev–Trinajstić information content (AvgIpc) is 2.57. The standard InChI is InChI=1S/C19H28N4O3/c1-13(2)21-19(25)23(16-6-8-26-9-7-16)17-11-22(12-17)18(24)15-5-4-14(3)20-10-15/h4-5,10,13,16-17H,6-9,11-12H2,1-3H3,(H,21,25). The summed E-state index contributed by atoms with van der Waals surface area (Å²) in [6.45, 7) is 8.31. The van der Waals surface area contributed by atoms with Crippen LogP contribution in [0.25, 0.3) is 0 Å². The summed E-state index contributed by atoms with van der Waals surface area (Å²) < 4.78 is 5.44. The SMILES string of the molecule is Cc1ccc(C(=O)N2CC(N(C(=O)NC(C)C)C3CCOCC3)C2)cn1. The first-order chi connectivity index (χ1) is 12.5. The van der Waals surface area contributed by atoms with Crippen LogP contribution in [0.15, 0.2) is 18.3 Å². The molecule has 0 unspecified atom stereocenters. The molecule has 2 fully saturated rings. The first-order valence-corrected chi connectivity index (χ1v) is 9.34. The minimum atomic E-state index is -0.0407. The van der Waals surface area contributed by atoms with Crippen molar-refractivity contribution in [3.05, 3.63) is 29.6 Å². The van der Waals surface area contributed by atoms with Gasteiger partial charge in [-0.05, 0) is 45.7 Å². The van der Waals surface area contributed by atoms with E-state index in [0.717, 1.165) is 18.5 Å². The van der Waals surface area contributed by atoms with Crippen molar-refractivity contribution in [3.63, 3.8) is 0 Å². The van der Waals surface area contributed by atoms with Crippen LogP contribution in [0.2, 0.25) is 0 Å². The smallest absolute Gasteiger partial charge is 0.318 e. The Labute approximate surface area is 154 Å². The number of nitrogens with zero attached hydrogens (tertiary/aromatic N) is 3. The van der Waals surface area contributed by atoms with Gasteiger partial charge in [-0.1, -0.05) is 0 Å². The molecule has 1 aromatic rings. The molecule has 3 rings (SSSR count). The van der Waals surface area contributed by atoms with Gasteiger partial charge in [0, 0.05) is 50.3 Å². The Kier molecular flexibility index (Phi) is 5.76. The van der Waals surface area contributed by atoms with Crippen LogP contribution in [0.5, 0.6) is 0 Å². The second-order valence-electron chi connectivity index (χ2n) is 7.41. The zero-order chi connectivity index (χ0) is 18.7. The highest BCUT2D eigenvalue weighted by Crippen LogP contribution is 2.24. The Hall–Kier alpha value is -2.15. The lowest BCUT2D eigenvalue weighted by Gasteiger charge is -2.49. The van der Waals surface area contributed by atoms with E-state index in [0.29, 0.717) is 31.9 Å². The molecule has 2 aliphatic heterocycles. The highest BCUT2D eigenvalue weighted by molar-refractivity contribution is 5.94. The van der Waals surface area contributed by atoms with Gasteiger partial charge in [-0.15, -0.1) is 0 Å². The number of nitrogens with one attached hydrogen (secondary N) is 1. The van der Waals surface area contributed by atoms with E-state index >= 15 is 0 Å². The number of urea groups is 1. The van der Waals surface area contributed by atoms with Gasteiger partial charge in [0.15, 0.2) is 0 Å². The van der Waals surface area contributed by atoms with Gasteiger partial charge < -0.3 is 19.9 Å². The minimum Gasteiger partial charge on any atom is -0.381 e. The molecule has 0 atom stereocenters. The van der Waals surface area contributed by atoms with Gasteiger partial charge in [-0.3, -0.25) is 9.78 Å². The number of pyridine rings is 1. The molecule has 142 valence electrons. The summed E-state index contributed by atoms with van der Waals surface area (Å²) >= 11 is 0. The lowest BCUT2D eigenvalue weighted by molar-refractivity contribution is -0.00522. The summed E-state index contributed by atoms with van der Waals surface area (Å²) in [6.07, 6.45) is 3.31. The summed E-state index contributed by atoms with van der Waals surface area (Å²) in [5, 5.41) is 3.00. The van der Waals surface area contributed by atoms with Gasteiger partial charge in [-0.25, -0.2) is 4.79 Å². The van der Waals surface area contributed by atoms with Gasteiger partial charge in [0.25, 0.3) is 5.91 Å². The lowest BCUT2D eigenvalue weighted by Crippen LogP contribution is -2.66. The number of ether oxygens (including phenoxy) is 1. The third-order valence-corrected chi connectivity index (χ3v) is 4.93. The fraction of sp³-hybridized carbons (Fsp3) is 0.632. The van der Waals surface area contributed by atoms with Crippen LogP contribution in [0, 0.1) is 6.92 Å². The van der Waals surface area contributed by atoms with Crippen LogP contribution in [-0.4, -0.2) is 71.2 Å². The van der Waals surface area contributed by atoms with E-state index in [-0.39, 0.29) is 30.1 Å². The molecule has 3 amide bonds. The number of hydrogen-bond acceptors (Lipinski definition) is 4. The Morgan fingerprint density at radius 3 is 2.50 bits per heavy atom. The predicted molar refractivity (Wildman–Crippen MR) is 98.0 cm³/mol. The number of carbonyl (C=O) groups is 2. The van der Waals surface area contributed by atoms with E-state index in [1.807, 2.05) is 31.7 Å². The summed E-state index contributed by atoms with van der Waals surface area (Å²) in [7, 11) is 0.